The molecule has 0 N–H and O–H groups in total. The van der Waals surface area contributed by atoms with Gasteiger partial charge >= 0.3 is 0 Å². The van der Waals surface area contributed by atoms with Gasteiger partial charge < -0.3 is 18.1 Å². The average molecular weight is 1950 g/mol. The fourth-order valence-corrected chi connectivity index (χ4v) is 29.5. The summed E-state index contributed by atoms with van der Waals surface area (Å²) in [6, 6.07) is 158. The molecule has 148 heavy (non-hydrogen) atoms. The smallest absolute Gasteiger partial charge is 0.143 e. The van der Waals surface area contributed by atoms with Gasteiger partial charge in [-0.2, -0.15) is 0 Å². The number of hydrogen-bond donors (Lipinski definition) is 0. The summed E-state index contributed by atoms with van der Waals surface area (Å²) in [4.78, 5) is 0. The van der Waals surface area contributed by atoms with E-state index in [9.17, 15) is 0 Å². The molecule has 706 valence electrons. The van der Waals surface area contributed by atoms with E-state index in [0.29, 0.717) is 0 Å². The lowest BCUT2D eigenvalue weighted by molar-refractivity contribution is 0.590. The Bertz CT molecular complexity index is 10500. The lowest BCUT2D eigenvalue weighted by Gasteiger charge is -2.21. The van der Waals surface area contributed by atoms with Gasteiger partial charge in [-0.25, -0.2) is 0 Å². The molecule has 21 aromatic carbocycles. The summed E-state index contributed by atoms with van der Waals surface area (Å²) in [5.41, 5.74) is 45.6. The quantitative estimate of drug-likeness (QED) is 0.149. The van der Waals surface area contributed by atoms with Crippen LogP contribution in [0.15, 0.2) is 429 Å². The van der Waals surface area contributed by atoms with E-state index in [2.05, 4.69) is 508 Å². The Morgan fingerprint density at radius 1 is 0.223 bits per heavy atom. The topological polar surface area (TPSA) is 27.9 Å². The van der Waals surface area contributed by atoms with Crippen molar-refractivity contribution in [1.29, 1.82) is 0 Å². The molecule has 7 heteroatoms. The number of nitrogens with zero attached hydrogens (tertiary/aromatic N) is 3. The van der Waals surface area contributed by atoms with Gasteiger partial charge in [-0.3, -0.25) is 0 Å². The molecule has 0 spiro atoms. The molecule has 7 aromatic heterocycles. The van der Waals surface area contributed by atoms with Gasteiger partial charge in [0, 0.05) is 142 Å². The molecule has 7 heterocycles. The summed E-state index contributed by atoms with van der Waals surface area (Å²) in [6.07, 6.45) is 0. The first-order valence-electron chi connectivity index (χ1n) is 51.8. The van der Waals surface area contributed by atoms with E-state index in [4.69, 9.17) is 4.42 Å². The number of hydrogen-bond acceptors (Lipinski definition) is 4. The SMILES string of the molecule is CC(C)(C)c1ccc(-c2ccc3c4cc5c(cc4n(-c4ccc(-c6cccc7c6sc6ccccc67)cc4)c3c2)C(C)(C)c2ccccc2-5)cc1.CC1(C)c2ccccc2-c2cc3c4cc(-c5cccc6c5oc5ccccc56)ccc4n(-c4ccc(-c5cccc6c5sc5ccccc56)cc4)c3cc21.Cc1cc(C)c2c(c1)c1cc3c(cc1n2-c1ccc(-c2cccc4c2sc2ccccc24)cc1)C(C)(C)c1ccccc1-3. The van der Waals surface area contributed by atoms with Crippen molar-refractivity contribution in [3.05, 3.63) is 475 Å². The normalized spacial score (nSPS) is 13.7. The summed E-state index contributed by atoms with van der Waals surface area (Å²) in [5.74, 6) is 0. The molecule has 0 saturated heterocycles. The molecule has 0 unspecified atom stereocenters. The van der Waals surface area contributed by atoms with Gasteiger partial charge in [0.15, 0.2) is 0 Å². The summed E-state index contributed by atoms with van der Waals surface area (Å²) in [5, 5.41) is 18.0. The van der Waals surface area contributed by atoms with Crippen LogP contribution in [0.1, 0.15) is 112 Å². The highest BCUT2D eigenvalue weighted by Crippen LogP contribution is 2.57. The van der Waals surface area contributed by atoms with E-state index in [1.165, 1.54) is 265 Å². The van der Waals surface area contributed by atoms with Crippen LogP contribution in [0.5, 0.6) is 0 Å². The van der Waals surface area contributed by atoms with Gasteiger partial charge in [-0.15, -0.1) is 34.0 Å². The number of para-hydroxylation sites is 2. The van der Waals surface area contributed by atoms with Gasteiger partial charge in [-0.05, 0) is 269 Å². The van der Waals surface area contributed by atoms with E-state index >= 15 is 0 Å². The second-order valence-electron chi connectivity index (χ2n) is 43.8. The third kappa shape index (κ3) is 13.3. The third-order valence-electron chi connectivity index (χ3n) is 33.2. The zero-order chi connectivity index (χ0) is 99.4. The number of fused-ring (bicyclic) bond motifs is 30. The number of benzene rings is 21. The maximum absolute atomic E-state index is 6.52. The molecular formula is C141H103N3OS3. The van der Waals surface area contributed by atoms with Crippen molar-refractivity contribution in [2.75, 3.05) is 0 Å². The zero-order valence-corrected chi connectivity index (χ0v) is 86.8. The van der Waals surface area contributed by atoms with Crippen molar-refractivity contribution < 1.29 is 4.42 Å². The van der Waals surface area contributed by atoms with Crippen LogP contribution in [0.2, 0.25) is 0 Å². The largest absolute Gasteiger partial charge is 0.455 e. The number of thiophene rings is 3. The molecule has 31 rings (SSSR count). The van der Waals surface area contributed by atoms with Crippen molar-refractivity contribution in [2.24, 2.45) is 0 Å². The first kappa shape index (κ1) is 88.0. The Morgan fingerprint density at radius 2 is 0.574 bits per heavy atom. The van der Waals surface area contributed by atoms with E-state index in [-0.39, 0.29) is 21.7 Å². The number of aryl methyl sites for hydroxylation is 2. The summed E-state index contributed by atoms with van der Waals surface area (Å²) in [7, 11) is 0. The highest BCUT2D eigenvalue weighted by atomic mass is 32.1. The Kier molecular flexibility index (Phi) is 19.5. The molecule has 4 nitrogen and oxygen atoms in total. The van der Waals surface area contributed by atoms with Gasteiger partial charge in [0.25, 0.3) is 0 Å². The molecule has 3 aliphatic rings. The number of furan rings is 1. The Balaban J connectivity index is 0.000000105. The van der Waals surface area contributed by atoms with Crippen LogP contribution in [0.4, 0.5) is 0 Å². The minimum atomic E-state index is -0.101. The van der Waals surface area contributed by atoms with Crippen molar-refractivity contribution in [2.45, 2.75) is 97.8 Å². The highest BCUT2D eigenvalue weighted by Gasteiger charge is 2.41. The molecule has 0 fully saturated rings. The summed E-state index contributed by atoms with van der Waals surface area (Å²) >= 11 is 5.67. The first-order valence-corrected chi connectivity index (χ1v) is 54.2. The van der Waals surface area contributed by atoms with Gasteiger partial charge in [-0.1, -0.05) is 371 Å². The van der Waals surface area contributed by atoms with Crippen molar-refractivity contribution >= 4 is 182 Å². The monoisotopic (exact) mass is 1950 g/mol. The first-order chi connectivity index (χ1) is 72.1. The second kappa shape index (κ2) is 32.7. The molecule has 0 amide bonds. The fourth-order valence-electron chi connectivity index (χ4n) is 25.7. The van der Waals surface area contributed by atoms with Crippen LogP contribution < -0.4 is 0 Å². The van der Waals surface area contributed by atoms with Crippen LogP contribution in [-0.2, 0) is 21.7 Å². The maximum Gasteiger partial charge on any atom is 0.143 e. The van der Waals surface area contributed by atoms with E-state index in [0.717, 1.165) is 38.8 Å². The van der Waals surface area contributed by atoms with E-state index in [1.54, 1.807) is 0 Å². The predicted molar refractivity (Wildman–Crippen MR) is 636 cm³/mol. The molecule has 0 aliphatic heterocycles. The Labute approximate surface area is 871 Å². The molecular weight excluding hydrogens is 1850 g/mol. The zero-order valence-electron chi connectivity index (χ0n) is 84.4. The summed E-state index contributed by atoms with van der Waals surface area (Å²) < 4.78 is 22.1. The predicted octanol–water partition coefficient (Wildman–Crippen LogP) is 40.5. The molecule has 3 aliphatic carbocycles. The molecule has 0 atom stereocenters. The second-order valence-corrected chi connectivity index (χ2v) is 47.0. The molecule has 0 radical (unpaired) electrons. The minimum Gasteiger partial charge on any atom is -0.455 e. The minimum absolute atomic E-state index is 0.0425. The Hall–Kier alpha value is -16.5. The van der Waals surface area contributed by atoms with Crippen LogP contribution in [-0.4, -0.2) is 13.7 Å². The van der Waals surface area contributed by atoms with Crippen molar-refractivity contribution in [1.82, 2.24) is 13.7 Å². The summed E-state index contributed by atoms with van der Waals surface area (Å²) in [6.45, 7) is 25.5. The highest BCUT2D eigenvalue weighted by molar-refractivity contribution is 7.27. The van der Waals surface area contributed by atoms with Crippen molar-refractivity contribution in [3.8, 4) is 106 Å². The fraction of sp³-hybridized carbons (Fsp3) is 0.106. The van der Waals surface area contributed by atoms with Gasteiger partial charge in [0.1, 0.15) is 11.2 Å². The molecule has 0 saturated carbocycles. The lowest BCUT2D eigenvalue weighted by Crippen LogP contribution is -2.15. The van der Waals surface area contributed by atoms with E-state index in [1.807, 2.05) is 40.1 Å². The average Bonchev–Trinajstić information content (AvgIpc) is 1.55. The molecule has 28 aromatic rings. The van der Waals surface area contributed by atoms with Crippen LogP contribution in [0.25, 0.3) is 254 Å². The Morgan fingerprint density at radius 3 is 1.05 bits per heavy atom. The van der Waals surface area contributed by atoms with Gasteiger partial charge in [0.2, 0.25) is 0 Å². The van der Waals surface area contributed by atoms with Gasteiger partial charge in [0.05, 0.1) is 33.1 Å². The third-order valence-corrected chi connectivity index (χ3v) is 36.8. The molecule has 0 bridgehead atoms. The maximum atomic E-state index is 6.52. The number of rotatable bonds is 8. The number of aromatic nitrogens is 3. The van der Waals surface area contributed by atoms with Crippen LogP contribution >= 0.6 is 34.0 Å². The van der Waals surface area contributed by atoms with Crippen LogP contribution in [0.3, 0.4) is 0 Å². The lowest BCUT2D eigenvalue weighted by atomic mass is 9.82. The van der Waals surface area contributed by atoms with Crippen LogP contribution in [0, 0.1) is 13.8 Å². The van der Waals surface area contributed by atoms with E-state index < -0.39 is 0 Å². The standard InChI is InChI=1S/C51H33NOS.C49H39NS.C41H31NS/c1-51(2)43-18-6-3-11-35(43)40-28-42-41-27-31(33-14-9-16-38-36-12-4-7-19-47(36)53-49(33)38)23-26-45(41)52(46(42)29-44(40)51)32-24-21-30(22-25-32)34-15-10-17-39-37-13-5-8-20-48(37)54-50(34)39;1-48(2,3)33-22-17-30(18-23-33)32-21-26-37-41-28-40-36-11-6-8-15-42(36)49(4,5)43(40)29-45(41)50(44(37)27-32)34-24-19-31(20-25-34)35-13-10-14-39-38-12-7-9-16-46(38)51-47(35)39;1-24-20-25(2)39-34(21-24)33-22-32-29-10-5-7-14-35(29)41(3,4)36(32)23-37(33)42(39)27-18-16-26(17-19-27)28-12-9-13-31-30-11-6-8-15-38(30)43-40(28)31/h3-29H,1-2H3;6-29H,1-5H3;5-23H,1-4H3. The van der Waals surface area contributed by atoms with Crippen molar-refractivity contribution in [3.63, 3.8) is 0 Å².